The lowest BCUT2D eigenvalue weighted by atomic mass is 9.81. The number of phenolic OH excluding ortho intramolecular Hbond substituents is 2. The van der Waals surface area contributed by atoms with Crippen LogP contribution in [0.15, 0.2) is 54.6 Å². The maximum Gasteiger partial charge on any atom is 0.119 e. The molecule has 0 heterocycles. The summed E-state index contributed by atoms with van der Waals surface area (Å²) in [7, 11) is 0. The first-order chi connectivity index (χ1) is 13.4. The van der Waals surface area contributed by atoms with Gasteiger partial charge in [0.15, 0.2) is 0 Å². The largest absolute Gasteiger partial charge is 0.508 e. The van der Waals surface area contributed by atoms with Crippen LogP contribution in [0.1, 0.15) is 58.2 Å². The zero-order chi connectivity index (χ0) is 21.6. The van der Waals surface area contributed by atoms with Crippen LogP contribution >= 0.6 is 0 Å². The van der Waals surface area contributed by atoms with E-state index in [1.165, 1.54) is 5.56 Å². The molecule has 2 N–H and O–H groups in total. The fourth-order valence-electron chi connectivity index (χ4n) is 3.89. The summed E-state index contributed by atoms with van der Waals surface area (Å²) in [6.07, 6.45) is 0. The molecule has 3 rings (SSSR count). The van der Waals surface area contributed by atoms with Crippen molar-refractivity contribution in [2.24, 2.45) is 0 Å². The van der Waals surface area contributed by atoms with Gasteiger partial charge in [0.2, 0.25) is 0 Å². The van der Waals surface area contributed by atoms with Crippen molar-refractivity contribution in [1.82, 2.24) is 0 Å². The van der Waals surface area contributed by atoms with E-state index in [1.54, 1.807) is 12.1 Å². The van der Waals surface area contributed by atoms with Crippen molar-refractivity contribution in [1.29, 1.82) is 0 Å². The van der Waals surface area contributed by atoms with E-state index in [2.05, 4.69) is 78.8 Å². The summed E-state index contributed by atoms with van der Waals surface area (Å²) in [6.45, 7) is 14.8. The highest BCUT2D eigenvalue weighted by Gasteiger charge is 2.22. The molecule has 2 nitrogen and oxygen atoms in total. The maximum absolute atomic E-state index is 10.4. The number of phenols is 2. The number of rotatable bonds is 2. The van der Waals surface area contributed by atoms with Crippen molar-refractivity contribution < 1.29 is 10.2 Å². The Kier molecular flexibility index (Phi) is 5.25. The van der Waals surface area contributed by atoms with E-state index < -0.39 is 0 Å². The van der Waals surface area contributed by atoms with E-state index in [0.717, 1.165) is 33.4 Å². The van der Waals surface area contributed by atoms with Gasteiger partial charge in [-0.2, -0.15) is 0 Å². The Morgan fingerprint density at radius 2 is 1.10 bits per heavy atom. The Hall–Kier alpha value is -2.74. The van der Waals surface area contributed by atoms with Crippen LogP contribution < -0.4 is 0 Å². The van der Waals surface area contributed by atoms with Crippen LogP contribution in [0.5, 0.6) is 11.5 Å². The fraction of sp³-hybridized carbons (Fsp3) is 0.333. The molecule has 2 heteroatoms. The van der Waals surface area contributed by atoms with Crippen molar-refractivity contribution in [2.45, 2.75) is 59.3 Å². The average molecular weight is 389 g/mol. The molecule has 29 heavy (non-hydrogen) atoms. The zero-order valence-electron chi connectivity index (χ0n) is 18.6. The van der Waals surface area contributed by atoms with E-state index in [-0.39, 0.29) is 10.8 Å². The van der Waals surface area contributed by atoms with Crippen molar-refractivity contribution in [3.63, 3.8) is 0 Å². The third-order valence-electron chi connectivity index (χ3n) is 5.48. The Morgan fingerprint density at radius 1 is 0.621 bits per heavy atom. The predicted octanol–water partition coefficient (Wildman–Crippen LogP) is 7.34. The molecule has 0 atom stereocenters. The highest BCUT2D eigenvalue weighted by molar-refractivity contribution is 5.86. The van der Waals surface area contributed by atoms with Gasteiger partial charge in [-0.05, 0) is 81.0 Å². The summed E-state index contributed by atoms with van der Waals surface area (Å²) in [6, 6.07) is 18.1. The van der Waals surface area contributed by atoms with Crippen LogP contribution in [0, 0.1) is 6.92 Å². The second-order valence-electron chi connectivity index (χ2n) is 9.96. The molecule has 0 fully saturated rings. The topological polar surface area (TPSA) is 40.5 Å². The highest BCUT2D eigenvalue weighted by Crippen LogP contribution is 2.41. The first-order valence-electron chi connectivity index (χ1n) is 10.2. The number of aromatic hydroxyl groups is 2. The van der Waals surface area contributed by atoms with Gasteiger partial charge in [-0.1, -0.05) is 71.9 Å². The summed E-state index contributed by atoms with van der Waals surface area (Å²) in [5, 5.41) is 20.8. The van der Waals surface area contributed by atoms with Gasteiger partial charge < -0.3 is 10.2 Å². The Labute approximate surface area is 174 Å². The van der Waals surface area contributed by atoms with Crippen LogP contribution in [0.25, 0.3) is 22.3 Å². The third kappa shape index (κ3) is 4.17. The van der Waals surface area contributed by atoms with Gasteiger partial charge >= 0.3 is 0 Å². The van der Waals surface area contributed by atoms with Crippen molar-refractivity contribution >= 4 is 0 Å². The monoisotopic (exact) mass is 388 g/mol. The van der Waals surface area contributed by atoms with Crippen LogP contribution in [0.3, 0.4) is 0 Å². The normalized spacial score (nSPS) is 12.2. The third-order valence-corrected chi connectivity index (χ3v) is 5.48. The smallest absolute Gasteiger partial charge is 0.119 e. The van der Waals surface area contributed by atoms with Crippen LogP contribution in [-0.4, -0.2) is 10.2 Å². The summed E-state index contributed by atoms with van der Waals surface area (Å²) < 4.78 is 0. The minimum atomic E-state index is -0.152. The average Bonchev–Trinajstić information content (AvgIpc) is 2.61. The minimum Gasteiger partial charge on any atom is -0.508 e. The number of hydrogen-bond donors (Lipinski definition) is 2. The first kappa shape index (κ1) is 21.0. The lowest BCUT2D eigenvalue weighted by molar-refractivity contribution is 0.446. The molecule has 0 radical (unpaired) electrons. The van der Waals surface area contributed by atoms with Crippen molar-refractivity contribution in [3.05, 3.63) is 71.3 Å². The molecule has 0 unspecified atom stereocenters. The standard InChI is InChI=1S/C27H32O2/c1-17-9-8-10-20(18-11-13-23(28)21(15-18)26(2,3)4)25(17)19-12-14-24(29)22(16-19)27(5,6)7/h8-16,28-29H,1-7H3. The van der Waals surface area contributed by atoms with Gasteiger partial charge in [0.05, 0.1) is 0 Å². The Balaban J connectivity index is 2.26. The van der Waals surface area contributed by atoms with Crippen molar-refractivity contribution in [2.75, 3.05) is 0 Å². The molecule has 0 aliphatic heterocycles. The summed E-state index contributed by atoms with van der Waals surface area (Å²) in [5.41, 5.74) is 7.20. The molecule has 0 amide bonds. The van der Waals surface area contributed by atoms with Gasteiger partial charge in [-0.3, -0.25) is 0 Å². The molecule has 0 aliphatic rings. The molecule has 3 aromatic rings. The Morgan fingerprint density at radius 3 is 1.62 bits per heavy atom. The highest BCUT2D eigenvalue weighted by atomic mass is 16.3. The van der Waals surface area contributed by atoms with Crippen LogP contribution in [0.4, 0.5) is 0 Å². The SMILES string of the molecule is Cc1cccc(-c2ccc(O)c(C(C)(C)C)c2)c1-c1ccc(O)c(C(C)(C)C)c1. The molecule has 0 aliphatic carbocycles. The molecular weight excluding hydrogens is 356 g/mol. The second kappa shape index (κ2) is 7.26. The van der Waals surface area contributed by atoms with E-state index >= 15 is 0 Å². The second-order valence-corrected chi connectivity index (χ2v) is 9.96. The lowest BCUT2D eigenvalue weighted by Gasteiger charge is -2.24. The van der Waals surface area contributed by atoms with Crippen LogP contribution in [0.2, 0.25) is 0 Å². The summed E-state index contributed by atoms with van der Waals surface area (Å²) in [5.74, 6) is 0.658. The quantitative estimate of drug-likeness (QED) is 0.482. The van der Waals surface area contributed by atoms with E-state index in [0.29, 0.717) is 11.5 Å². The van der Waals surface area contributed by atoms with E-state index in [1.807, 2.05) is 12.1 Å². The molecule has 0 aromatic heterocycles. The molecule has 0 bridgehead atoms. The predicted molar refractivity (Wildman–Crippen MR) is 123 cm³/mol. The van der Waals surface area contributed by atoms with E-state index in [4.69, 9.17) is 0 Å². The number of benzene rings is 3. The van der Waals surface area contributed by atoms with Gasteiger partial charge in [0.25, 0.3) is 0 Å². The van der Waals surface area contributed by atoms with Crippen molar-refractivity contribution in [3.8, 4) is 33.8 Å². The molecular formula is C27H32O2. The van der Waals surface area contributed by atoms with Crippen LogP contribution in [-0.2, 0) is 10.8 Å². The molecule has 0 saturated heterocycles. The molecule has 0 saturated carbocycles. The fourth-order valence-corrected chi connectivity index (χ4v) is 3.89. The first-order valence-corrected chi connectivity index (χ1v) is 10.2. The Bertz CT molecular complexity index is 1050. The zero-order valence-corrected chi connectivity index (χ0v) is 18.6. The molecule has 0 spiro atoms. The van der Waals surface area contributed by atoms with Gasteiger partial charge in [0.1, 0.15) is 11.5 Å². The number of hydrogen-bond acceptors (Lipinski definition) is 2. The molecule has 3 aromatic carbocycles. The summed E-state index contributed by atoms with van der Waals surface area (Å²) in [4.78, 5) is 0. The summed E-state index contributed by atoms with van der Waals surface area (Å²) >= 11 is 0. The molecule has 152 valence electrons. The van der Waals surface area contributed by atoms with Gasteiger partial charge in [-0.15, -0.1) is 0 Å². The number of aryl methyl sites for hydroxylation is 1. The lowest BCUT2D eigenvalue weighted by Crippen LogP contribution is -2.11. The minimum absolute atomic E-state index is 0.151. The van der Waals surface area contributed by atoms with Gasteiger partial charge in [-0.25, -0.2) is 0 Å². The van der Waals surface area contributed by atoms with Gasteiger partial charge in [0, 0.05) is 0 Å². The van der Waals surface area contributed by atoms with E-state index in [9.17, 15) is 10.2 Å². The maximum atomic E-state index is 10.4.